The molecule has 1 atom stereocenters. The zero-order chi connectivity index (χ0) is 18.1. The van der Waals surface area contributed by atoms with Crippen LogP contribution < -0.4 is 5.32 Å². The van der Waals surface area contributed by atoms with E-state index in [1.807, 2.05) is 53.7 Å². The van der Waals surface area contributed by atoms with Gasteiger partial charge in [-0.1, -0.05) is 26.8 Å². The van der Waals surface area contributed by atoms with Crippen molar-refractivity contribution in [3.63, 3.8) is 0 Å². The van der Waals surface area contributed by atoms with Crippen molar-refractivity contribution in [2.45, 2.75) is 65.5 Å². The van der Waals surface area contributed by atoms with Crippen molar-refractivity contribution < 1.29 is 4.79 Å². The van der Waals surface area contributed by atoms with E-state index < -0.39 is 11.6 Å². The molecule has 2 heterocycles. The van der Waals surface area contributed by atoms with Gasteiger partial charge in [0.2, 0.25) is 5.91 Å². The predicted octanol–water partition coefficient (Wildman–Crippen LogP) is 2.29. The van der Waals surface area contributed by atoms with Crippen molar-refractivity contribution in [3.8, 4) is 0 Å². The molecule has 0 saturated carbocycles. The van der Waals surface area contributed by atoms with E-state index in [1.165, 1.54) is 0 Å². The Morgan fingerprint density at radius 3 is 2.42 bits per heavy atom. The molecule has 7 heteroatoms. The van der Waals surface area contributed by atoms with E-state index in [0.29, 0.717) is 5.82 Å². The fourth-order valence-electron chi connectivity index (χ4n) is 2.38. The van der Waals surface area contributed by atoms with Gasteiger partial charge in [-0.2, -0.15) is 0 Å². The summed E-state index contributed by atoms with van der Waals surface area (Å²) in [6.45, 7) is 13.7. The maximum Gasteiger partial charge on any atom is 0.245 e. The third-order valence-corrected chi connectivity index (χ3v) is 3.98. The van der Waals surface area contributed by atoms with Crippen molar-refractivity contribution in [2.24, 2.45) is 0 Å². The van der Waals surface area contributed by atoms with Crippen LogP contribution in [-0.2, 0) is 15.7 Å². The average molecular weight is 330 g/mol. The largest absolute Gasteiger partial charge is 0.345 e. The van der Waals surface area contributed by atoms with Gasteiger partial charge in [0.25, 0.3) is 0 Å². The zero-order valence-corrected chi connectivity index (χ0v) is 15.5. The Morgan fingerprint density at radius 2 is 1.88 bits per heavy atom. The van der Waals surface area contributed by atoms with Crippen molar-refractivity contribution in [1.82, 2.24) is 30.5 Å². The van der Waals surface area contributed by atoms with Gasteiger partial charge < -0.3 is 5.32 Å². The van der Waals surface area contributed by atoms with Crippen LogP contribution in [0.15, 0.2) is 18.3 Å². The molecule has 0 spiro atoms. The number of aromatic nitrogens is 5. The molecule has 1 unspecified atom stereocenters. The lowest BCUT2D eigenvalue weighted by molar-refractivity contribution is -0.126. The highest BCUT2D eigenvalue weighted by Crippen LogP contribution is 2.23. The summed E-state index contributed by atoms with van der Waals surface area (Å²) in [6, 6.07) is 3.41. The van der Waals surface area contributed by atoms with E-state index >= 15 is 0 Å². The fraction of sp³-hybridized carbons (Fsp3) is 0.588. The van der Waals surface area contributed by atoms with Crippen LogP contribution >= 0.6 is 0 Å². The molecular formula is C17H26N6O. The third-order valence-electron chi connectivity index (χ3n) is 3.98. The number of amides is 1. The lowest BCUT2D eigenvalue weighted by Crippen LogP contribution is -2.44. The molecule has 130 valence electrons. The Labute approximate surface area is 142 Å². The van der Waals surface area contributed by atoms with Crippen LogP contribution in [0.2, 0.25) is 0 Å². The Morgan fingerprint density at radius 1 is 1.21 bits per heavy atom. The first-order valence-corrected chi connectivity index (χ1v) is 8.06. The fourth-order valence-corrected chi connectivity index (χ4v) is 2.38. The number of pyridine rings is 1. The second-order valence-electron chi connectivity index (χ2n) is 7.68. The van der Waals surface area contributed by atoms with E-state index in [-0.39, 0.29) is 11.3 Å². The summed E-state index contributed by atoms with van der Waals surface area (Å²) >= 11 is 0. The maximum absolute atomic E-state index is 12.7. The smallest absolute Gasteiger partial charge is 0.245 e. The summed E-state index contributed by atoms with van der Waals surface area (Å²) in [4.78, 5) is 17.0. The van der Waals surface area contributed by atoms with Crippen LogP contribution in [0.1, 0.15) is 64.7 Å². The van der Waals surface area contributed by atoms with Crippen molar-refractivity contribution >= 4 is 5.91 Å². The number of carbonyl (C=O) groups is 1. The molecule has 2 aromatic rings. The highest BCUT2D eigenvalue weighted by molar-refractivity contribution is 5.80. The molecule has 0 aliphatic heterocycles. The number of nitrogens with zero attached hydrogens (tertiary/aromatic N) is 5. The first kappa shape index (κ1) is 18.0. The molecule has 0 aromatic carbocycles. The summed E-state index contributed by atoms with van der Waals surface area (Å²) in [6.07, 6.45) is 1.79. The standard InChI is InChI=1S/C17H26N6O/c1-11-8-9-13(10-18-11)17(6,7)19-14(24)12(2)23-15(16(3,4)5)20-21-22-23/h8-10,12H,1-7H3,(H,19,24). The molecule has 0 fully saturated rings. The van der Waals surface area contributed by atoms with Crippen LogP contribution in [0.3, 0.4) is 0 Å². The van der Waals surface area contributed by atoms with Crippen molar-refractivity contribution in [1.29, 1.82) is 0 Å². The zero-order valence-electron chi connectivity index (χ0n) is 15.5. The highest BCUT2D eigenvalue weighted by atomic mass is 16.2. The van der Waals surface area contributed by atoms with Crippen LogP contribution in [0.25, 0.3) is 0 Å². The first-order chi connectivity index (χ1) is 11.0. The Bertz CT molecular complexity index is 711. The molecule has 2 rings (SSSR count). The normalized spacial score (nSPS) is 13.6. The quantitative estimate of drug-likeness (QED) is 0.929. The number of hydrogen-bond acceptors (Lipinski definition) is 5. The van der Waals surface area contributed by atoms with Crippen LogP contribution in [-0.4, -0.2) is 31.1 Å². The summed E-state index contributed by atoms with van der Waals surface area (Å²) in [5.41, 5.74) is 1.11. The van der Waals surface area contributed by atoms with E-state index in [4.69, 9.17) is 0 Å². The van der Waals surface area contributed by atoms with Gasteiger partial charge in [0.15, 0.2) is 5.82 Å². The molecule has 0 radical (unpaired) electrons. The lowest BCUT2D eigenvalue weighted by atomic mass is 9.94. The van der Waals surface area contributed by atoms with Gasteiger partial charge in [0.05, 0.1) is 5.54 Å². The molecule has 0 saturated heterocycles. The van der Waals surface area contributed by atoms with E-state index in [1.54, 1.807) is 17.8 Å². The Hall–Kier alpha value is -2.31. The Balaban J connectivity index is 2.20. The van der Waals surface area contributed by atoms with Crippen molar-refractivity contribution in [2.75, 3.05) is 0 Å². The van der Waals surface area contributed by atoms with Gasteiger partial charge in [-0.05, 0) is 49.8 Å². The number of tetrazole rings is 1. The molecule has 1 amide bonds. The number of nitrogens with one attached hydrogen (secondary N) is 1. The molecule has 1 N–H and O–H groups in total. The van der Waals surface area contributed by atoms with E-state index in [2.05, 4.69) is 25.8 Å². The van der Waals surface area contributed by atoms with Crippen LogP contribution in [0, 0.1) is 6.92 Å². The summed E-state index contributed by atoms with van der Waals surface area (Å²) < 4.78 is 1.58. The third kappa shape index (κ3) is 3.77. The minimum Gasteiger partial charge on any atom is -0.345 e. The average Bonchev–Trinajstić information content (AvgIpc) is 2.95. The van der Waals surface area contributed by atoms with Gasteiger partial charge in [-0.15, -0.1) is 5.10 Å². The number of hydrogen-bond donors (Lipinski definition) is 1. The molecule has 7 nitrogen and oxygen atoms in total. The van der Waals surface area contributed by atoms with Gasteiger partial charge in [0.1, 0.15) is 6.04 Å². The highest BCUT2D eigenvalue weighted by Gasteiger charge is 2.31. The van der Waals surface area contributed by atoms with Crippen LogP contribution in [0.5, 0.6) is 0 Å². The van der Waals surface area contributed by atoms with Crippen molar-refractivity contribution in [3.05, 3.63) is 35.4 Å². The second-order valence-corrected chi connectivity index (χ2v) is 7.68. The molecule has 24 heavy (non-hydrogen) atoms. The van der Waals surface area contributed by atoms with E-state index in [0.717, 1.165) is 11.3 Å². The SMILES string of the molecule is Cc1ccc(C(C)(C)NC(=O)C(C)n2nnnc2C(C)(C)C)cn1. The minimum absolute atomic E-state index is 0.140. The van der Waals surface area contributed by atoms with Gasteiger partial charge in [-0.3, -0.25) is 9.78 Å². The topological polar surface area (TPSA) is 85.6 Å². The Kier molecular flexibility index (Phi) is 4.73. The summed E-state index contributed by atoms with van der Waals surface area (Å²) in [5.74, 6) is 0.540. The van der Waals surface area contributed by atoms with Gasteiger partial charge >= 0.3 is 0 Å². The summed E-state index contributed by atoms with van der Waals surface area (Å²) in [5, 5.41) is 14.9. The number of carbonyl (C=O) groups excluding carboxylic acids is 1. The predicted molar refractivity (Wildman–Crippen MR) is 91.4 cm³/mol. The molecule has 2 aromatic heterocycles. The second kappa shape index (κ2) is 6.30. The molecular weight excluding hydrogens is 304 g/mol. The number of rotatable bonds is 4. The van der Waals surface area contributed by atoms with E-state index in [9.17, 15) is 4.79 Å². The lowest BCUT2D eigenvalue weighted by Gasteiger charge is -2.29. The minimum atomic E-state index is -0.540. The molecule has 0 bridgehead atoms. The van der Waals surface area contributed by atoms with Crippen LogP contribution in [0.4, 0.5) is 0 Å². The van der Waals surface area contributed by atoms with Gasteiger partial charge in [0, 0.05) is 17.3 Å². The van der Waals surface area contributed by atoms with Gasteiger partial charge in [-0.25, -0.2) is 4.68 Å². The molecule has 0 aliphatic rings. The monoisotopic (exact) mass is 330 g/mol. The maximum atomic E-state index is 12.7. The first-order valence-electron chi connectivity index (χ1n) is 8.06. The number of aryl methyl sites for hydroxylation is 1. The molecule has 0 aliphatic carbocycles. The summed E-state index contributed by atoms with van der Waals surface area (Å²) in [7, 11) is 0.